The number of nitrogens with one attached hydrogen (secondary N) is 1. The highest BCUT2D eigenvalue weighted by Crippen LogP contribution is 2.26. The molecule has 1 N–H and O–H groups in total. The van der Waals surface area contributed by atoms with Crippen LogP contribution in [0.2, 0.25) is 0 Å². The predicted molar refractivity (Wildman–Crippen MR) is 78.4 cm³/mol. The van der Waals surface area contributed by atoms with Crippen molar-refractivity contribution in [2.75, 3.05) is 25.2 Å². The van der Waals surface area contributed by atoms with Gasteiger partial charge in [0.25, 0.3) is 0 Å². The molecule has 1 aromatic rings. The summed E-state index contributed by atoms with van der Waals surface area (Å²) in [4.78, 5) is 0. The molecule has 0 radical (unpaired) electrons. The number of rotatable bonds is 8. The summed E-state index contributed by atoms with van der Waals surface area (Å²) in [5.41, 5.74) is 0.906. The van der Waals surface area contributed by atoms with Crippen molar-refractivity contribution in [3.05, 3.63) is 29.8 Å². The molecule has 108 valence electrons. The number of para-hydroxylation sites is 1. The van der Waals surface area contributed by atoms with Crippen molar-refractivity contribution in [3.8, 4) is 5.75 Å². The van der Waals surface area contributed by atoms with Crippen molar-refractivity contribution in [2.45, 2.75) is 26.3 Å². The van der Waals surface area contributed by atoms with Crippen LogP contribution in [0.1, 0.15) is 31.9 Å². The van der Waals surface area contributed by atoms with E-state index in [0.29, 0.717) is 6.61 Å². The Morgan fingerprint density at radius 3 is 2.53 bits per heavy atom. The molecule has 0 spiro atoms. The van der Waals surface area contributed by atoms with Gasteiger partial charge in [-0.2, -0.15) is 0 Å². The third kappa shape index (κ3) is 5.61. The summed E-state index contributed by atoms with van der Waals surface area (Å²) in [5, 5.41) is 3.28. The van der Waals surface area contributed by atoms with Crippen molar-refractivity contribution < 1.29 is 13.2 Å². The van der Waals surface area contributed by atoms with E-state index in [4.69, 9.17) is 4.74 Å². The lowest BCUT2D eigenvalue weighted by Gasteiger charge is -2.21. The van der Waals surface area contributed by atoms with Gasteiger partial charge in [0, 0.05) is 17.9 Å². The molecule has 1 aromatic carbocycles. The van der Waals surface area contributed by atoms with E-state index in [9.17, 15) is 8.42 Å². The smallest absolute Gasteiger partial charge is 0.149 e. The van der Waals surface area contributed by atoms with Crippen molar-refractivity contribution in [3.63, 3.8) is 0 Å². The van der Waals surface area contributed by atoms with Crippen LogP contribution in [0.25, 0.3) is 0 Å². The monoisotopic (exact) mass is 285 g/mol. The van der Waals surface area contributed by atoms with Crippen molar-refractivity contribution in [1.29, 1.82) is 0 Å². The lowest BCUT2D eigenvalue weighted by Crippen LogP contribution is -2.28. The molecule has 0 aliphatic carbocycles. The van der Waals surface area contributed by atoms with Gasteiger partial charge in [0.2, 0.25) is 0 Å². The first-order chi connectivity index (χ1) is 8.98. The van der Waals surface area contributed by atoms with E-state index in [1.165, 1.54) is 6.26 Å². The topological polar surface area (TPSA) is 55.4 Å². The second-order valence-electron chi connectivity index (χ2n) is 4.57. The minimum absolute atomic E-state index is 0.0804. The van der Waals surface area contributed by atoms with Gasteiger partial charge in [-0.25, -0.2) is 8.42 Å². The molecule has 0 saturated carbocycles. The Morgan fingerprint density at radius 2 is 1.95 bits per heavy atom. The van der Waals surface area contributed by atoms with Crippen LogP contribution in [-0.4, -0.2) is 33.6 Å². The first-order valence-corrected chi connectivity index (χ1v) is 8.66. The van der Waals surface area contributed by atoms with Gasteiger partial charge in [0.15, 0.2) is 0 Å². The average molecular weight is 285 g/mol. The number of hydrogen-bond donors (Lipinski definition) is 1. The minimum Gasteiger partial charge on any atom is -0.494 e. The van der Waals surface area contributed by atoms with Crippen LogP contribution < -0.4 is 10.1 Å². The molecule has 0 fully saturated rings. The van der Waals surface area contributed by atoms with Crippen molar-refractivity contribution in [2.24, 2.45) is 0 Å². The normalized spacial score (nSPS) is 13.2. The molecule has 0 aromatic heterocycles. The molecule has 19 heavy (non-hydrogen) atoms. The maximum Gasteiger partial charge on any atom is 0.149 e. The highest BCUT2D eigenvalue weighted by atomic mass is 32.2. The van der Waals surface area contributed by atoms with Crippen LogP contribution in [-0.2, 0) is 9.84 Å². The zero-order valence-electron chi connectivity index (χ0n) is 11.8. The largest absolute Gasteiger partial charge is 0.494 e. The van der Waals surface area contributed by atoms with Gasteiger partial charge in [-0.3, -0.25) is 0 Å². The number of ether oxygens (including phenoxy) is 1. The second kappa shape index (κ2) is 7.50. The first-order valence-electron chi connectivity index (χ1n) is 6.60. The van der Waals surface area contributed by atoms with E-state index in [2.05, 4.69) is 12.2 Å². The number of hydrogen-bond acceptors (Lipinski definition) is 4. The van der Waals surface area contributed by atoms with Gasteiger partial charge in [0.1, 0.15) is 15.6 Å². The predicted octanol–water partition coefficient (Wildman–Crippen LogP) is 2.17. The van der Waals surface area contributed by atoms with E-state index in [1.54, 1.807) is 0 Å². The summed E-state index contributed by atoms with van der Waals surface area (Å²) in [6.07, 6.45) is 2.22. The minimum atomic E-state index is -3.05. The summed E-state index contributed by atoms with van der Waals surface area (Å²) in [6, 6.07) is 7.37. The van der Waals surface area contributed by atoms with Crippen molar-refractivity contribution in [1.82, 2.24) is 5.32 Å². The van der Waals surface area contributed by atoms with Crippen LogP contribution in [0.5, 0.6) is 5.75 Å². The Labute approximate surface area is 116 Å². The summed E-state index contributed by atoms with van der Waals surface area (Å²) < 4.78 is 28.7. The Kier molecular flexibility index (Phi) is 6.31. The second-order valence-corrected chi connectivity index (χ2v) is 6.75. The maximum absolute atomic E-state index is 11.6. The quantitative estimate of drug-likeness (QED) is 0.795. The van der Waals surface area contributed by atoms with Crippen LogP contribution >= 0.6 is 0 Å². The fourth-order valence-electron chi connectivity index (χ4n) is 1.94. The molecule has 0 aliphatic rings. The molecule has 0 heterocycles. The van der Waals surface area contributed by atoms with Gasteiger partial charge >= 0.3 is 0 Å². The lowest BCUT2D eigenvalue weighted by molar-refractivity contribution is 0.332. The summed E-state index contributed by atoms with van der Waals surface area (Å²) in [7, 11) is -3.05. The Bertz CT molecular complexity index is 485. The summed E-state index contributed by atoms with van der Waals surface area (Å²) in [6.45, 7) is 5.32. The zero-order chi connectivity index (χ0) is 14.3. The summed E-state index contributed by atoms with van der Waals surface area (Å²) >= 11 is 0. The number of benzene rings is 1. The molecule has 0 aliphatic heterocycles. The Balaban J connectivity index is 3.01. The SMILES string of the molecule is CCCNC(CS(C)(=O)=O)c1ccccc1OCC. The molecular formula is C14H23NO3S. The molecule has 0 bridgehead atoms. The van der Waals surface area contributed by atoms with Gasteiger partial charge in [-0.15, -0.1) is 0 Å². The van der Waals surface area contributed by atoms with Crippen LogP contribution in [0.4, 0.5) is 0 Å². The Hall–Kier alpha value is -1.07. The maximum atomic E-state index is 11.6. The van der Waals surface area contributed by atoms with Crippen LogP contribution in [0.15, 0.2) is 24.3 Å². The van der Waals surface area contributed by atoms with Gasteiger partial charge in [-0.05, 0) is 26.0 Å². The van der Waals surface area contributed by atoms with Crippen LogP contribution in [0, 0.1) is 0 Å². The molecule has 1 unspecified atom stereocenters. The molecule has 5 heteroatoms. The highest BCUT2D eigenvalue weighted by Gasteiger charge is 2.20. The van der Waals surface area contributed by atoms with E-state index in [-0.39, 0.29) is 11.8 Å². The molecule has 1 atom stereocenters. The third-order valence-corrected chi connectivity index (χ3v) is 3.64. The Morgan fingerprint density at radius 1 is 1.26 bits per heavy atom. The molecule has 1 rings (SSSR count). The standard InChI is InChI=1S/C14H23NO3S/c1-4-10-15-13(11-19(3,16)17)12-8-6-7-9-14(12)18-5-2/h6-9,13,15H,4-5,10-11H2,1-3H3. The fourth-order valence-corrected chi connectivity index (χ4v) is 2.84. The third-order valence-electron chi connectivity index (χ3n) is 2.70. The van der Waals surface area contributed by atoms with Crippen LogP contribution in [0.3, 0.4) is 0 Å². The molecule has 4 nitrogen and oxygen atoms in total. The number of sulfone groups is 1. The molecule has 0 saturated heterocycles. The van der Waals surface area contributed by atoms with E-state index >= 15 is 0 Å². The van der Waals surface area contributed by atoms with Gasteiger partial charge < -0.3 is 10.1 Å². The fraction of sp³-hybridized carbons (Fsp3) is 0.571. The first kappa shape index (κ1) is 16.0. The van der Waals surface area contributed by atoms with E-state index in [1.807, 2.05) is 31.2 Å². The average Bonchev–Trinajstić information content (AvgIpc) is 2.34. The lowest BCUT2D eigenvalue weighted by atomic mass is 10.1. The van der Waals surface area contributed by atoms with Gasteiger partial charge in [0.05, 0.1) is 12.4 Å². The zero-order valence-corrected chi connectivity index (χ0v) is 12.7. The van der Waals surface area contributed by atoms with E-state index in [0.717, 1.165) is 24.3 Å². The molecule has 0 amide bonds. The van der Waals surface area contributed by atoms with Crippen molar-refractivity contribution >= 4 is 9.84 Å². The highest BCUT2D eigenvalue weighted by molar-refractivity contribution is 7.90. The molecular weight excluding hydrogens is 262 g/mol. The van der Waals surface area contributed by atoms with E-state index < -0.39 is 9.84 Å². The van der Waals surface area contributed by atoms with Gasteiger partial charge in [-0.1, -0.05) is 25.1 Å². The summed E-state index contributed by atoms with van der Waals surface area (Å²) in [5.74, 6) is 0.833.